The highest BCUT2D eigenvalue weighted by Gasteiger charge is 2.35. The Morgan fingerprint density at radius 3 is 2.75 bits per heavy atom. The number of carbonyl (C=O) groups is 1. The van der Waals surface area contributed by atoms with E-state index in [2.05, 4.69) is 33.0 Å². The summed E-state index contributed by atoms with van der Waals surface area (Å²) >= 11 is 0. The zero-order chi connectivity index (χ0) is 12.3. The molecule has 1 heterocycles. The molecule has 94 valence electrons. The van der Waals surface area contributed by atoms with Crippen LogP contribution in [0.5, 0.6) is 0 Å². The van der Waals surface area contributed by atoms with E-state index in [-0.39, 0.29) is 24.0 Å². The number of aliphatic hydroxyl groups is 1. The van der Waals surface area contributed by atoms with E-state index in [4.69, 9.17) is 0 Å². The molecule has 0 spiro atoms. The molecule has 0 aromatic rings. The largest absolute Gasteiger partial charge is 0.394 e. The van der Waals surface area contributed by atoms with Crippen LogP contribution in [-0.4, -0.2) is 47.7 Å². The Kier molecular flexibility index (Phi) is 4.33. The minimum Gasteiger partial charge on any atom is -0.394 e. The van der Waals surface area contributed by atoms with Crippen LogP contribution in [0.4, 0.5) is 0 Å². The molecule has 4 heteroatoms. The molecule has 1 rings (SSSR count). The molecule has 16 heavy (non-hydrogen) atoms. The molecule has 0 aromatic carbocycles. The van der Waals surface area contributed by atoms with E-state index in [0.29, 0.717) is 0 Å². The van der Waals surface area contributed by atoms with Crippen molar-refractivity contribution in [2.24, 2.45) is 5.41 Å². The van der Waals surface area contributed by atoms with Crippen LogP contribution < -0.4 is 5.32 Å². The van der Waals surface area contributed by atoms with Gasteiger partial charge in [-0.1, -0.05) is 20.8 Å². The zero-order valence-electron chi connectivity index (χ0n) is 10.8. The maximum atomic E-state index is 12.2. The summed E-state index contributed by atoms with van der Waals surface area (Å²) in [5.74, 6) is 0.0300. The van der Waals surface area contributed by atoms with E-state index in [1.807, 2.05) is 4.90 Å². The summed E-state index contributed by atoms with van der Waals surface area (Å²) < 4.78 is 0. The van der Waals surface area contributed by atoms with Crippen LogP contribution in [0.25, 0.3) is 0 Å². The Morgan fingerprint density at radius 2 is 2.25 bits per heavy atom. The predicted molar refractivity (Wildman–Crippen MR) is 64.1 cm³/mol. The van der Waals surface area contributed by atoms with Crippen LogP contribution in [0.3, 0.4) is 0 Å². The molecule has 0 radical (unpaired) electrons. The molecule has 0 aliphatic carbocycles. The number of nitrogens with one attached hydrogen (secondary N) is 1. The average molecular weight is 228 g/mol. The van der Waals surface area contributed by atoms with Gasteiger partial charge in [-0.2, -0.15) is 0 Å². The average Bonchev–Trinajstić information content (AvgIpc) is 2.35. The lowest BCUT2D eigenvalue weighted by atomic mass is 9.92. The molecule has 1 aliphatic heterocycles. The second kappa shape index (κ2) is 5.15. The Bertz CT molecular complexity index is 253. The van der Waals surface area contributed by atoms with Crippen molar-refractivity contribution in [1.82, 2.24) is 10.2 Å². The van der Waals surface area contributed by atoms with Gasteiger partial charge in [0.25, 0.3) is 0 Å². The quantitative estimate of drug-likeness (QED) is 0.744. The molecule has 0 saturated carbocycles. The van der Waals surface area contributed by atoms with Gasteiger partial charge in [0.2, 0.25) is 5.91 Å². The van der Waals surface area contributed by atoms with Crippen molar-refractivity contribution in [3.05, 3.63) is 0 Å². The normalized spacial score (nSPS) is 27.7. The molecule has 2 unspecified atom stereocenters. The topological polar surface area (TPSA) is 52.6 Å². The highest BCUT2D eigenvalue weighted by molar-refractivity contribution is 5.82. The summed E-state index contributed by atoms with van der Waals surface area (Å²) in [6.07, 6.45) is 0.944. The third-order valence-corrected chi connectivity index (χ3v) is 3.31. The van der Waals surface area contributed by atoms with Crippen LogP contribution in [-0.2, 0) is 4.79 Å². The van der Waals surface area contributed by atoms with Gasteiger partial charge in [0.05, 0.1) is 6.61 Å². The molecule has 0 bridgehead atoms. The number of aliphatic hydroxyl groups excluding tert-OH is 1. The van der Waals surface area contributed by atoms with Gasteiger partial charge in [-0.15, -0.1) is 0 Å². The summed E-state index contributed by atoms with van der Waals surface area (Å²) in [6.45, 7) is 9.82. The van der Waals surface area contributed by atoms with Crippen LogP contribution in [0.2, 0.25) is 0 Å². The second-order valence-electron chi connectivity index (χ2n) is 5.50. The van der Waals surface area contributed by atoms with Gasteiger partial charge in [-0.05, 0) is 18.8 Å². The number of nitrogens with zero attached hydrogens (tertiary/aromatic N) is 1. The third kappa shape index (κ3) is 2.95. The summed E-state index contributed by atoms with van der Waals surface area (Å²) in [7, 11) is 0. The minimum absolute atomic E-state index is 0.0300. The summed E-state index contributed by atoms with van der Waals surface area (Å²) in [5, 5.41) is 12.4. The van der Waals surface area contributed by atoms with Crippen molar-refractivity contribution in [3.8, 4) is 0 Å². The Balaban J connectivity index is 2.88. The van der Waals surface area contributed by atoms with Gasteiger partial charge in [0.1, 0.15) is 6.04 Å². The van der Waals surface area contributed by atoms with E-state index >= 15 is 0 Å². The van der Waals surface area contributed by atoms with E-state index in [9.17, 15) is 9.90 Å². The van der Waals surface area contributed by atoms with Crippen molar-refractivity contribution in [3.63, 3.8) is 0 Å². The van der Waals surface area contributed by atoms with E-state index < -0.39 is 6.04 Å². The minimum atomic E-state index is -0.434. The molecule has 2 atom stereocenters. The van der Waals surface area contributed by atoms with Gasteiger partial charge in [-0.3, -0.25) is 4.79 Å². The molecule has 0 aromatic heterocycles. The van der Waals surface area contributed by atoms with Gasteiger partial charge in [0.15, 0.2) is 0 Å². The highest BCUT2D eigenvalue weighted by Crippen LogP contribution is 2.22. The van der Waals surface area contributed by atoms with Crippen LogP contribution in [0, 0.1) is 5.41 Å². The monoisotopic (exact) mass is 228 g/mol. The first-order chi connectivity index (χ1) is 7.41. The number of hydrogen-bond donors (Lipinski definition) is 2. The smallest absolute Gasteiger partial charge is 0.242 e. The van der Waals surface area contributed by atoms with Crippen molar-refractivity contribution < 1.29 is 9.90 Å². The van der Waals surface area contributed by atoms with Crippen LogP contribution >= 0.6 is 0 Å². The van der Waals surface area contributed by atoms with Gasteiger partial charge >= 0.3 is 0 Å². The SMILES string of the molecule is CCC(C)N1CC(C)(C)CNC(CO)C1=O. The van der Waals surface area contributed by atoms with Crippen molar-refractivity contribution in [2.45, 2.75) is 46.2 Å². The maximum absolute atomic E-state index is 12.2. The lowest BCUT2D eigenvalue weighted by Gasteiger charge is -2.33. The molecule has 2 N–H and O–H groups in total. The van der Waals surface area contributed by atoms with Gasteiger partial charge in [-0.25, -0.2) is 0 Å². The number of amides is 1. The lowest BCUT2D eigenvalue weighted by molar-refractivity contribution is -0.136. The van der Waals surface area contributed by atoms with Gasteiger partial charge in [0, 0.05) is 19.1 Å². The van der Waals surface area contributed by atoms with Gasteiger partial charge < -0.3 is 15.3 Å². The maximum Gasteiger partial charge on any atom is 0.242 e. The Labute approximate surface area is 98.0 Å². The second-order valence-corrected chi connectivity index (χ2v) is 5.50. The first-order valence-corrected chi connectivity index (χ1v) is 6.06. The summed E-state index contributed by atoms with van der Waals surface area (Å²) in [4.78, 5) is 14.1. The molecular weight excluding hydrogens is 204 g/mol. The first-order valence-electron chi connectivity index (χ1n) is 6.06. The Morgan fingerprint density at radius 1 is 1.62 bits per heavy atom. The van der Waals surface area contributed by atoms with Crippen molar-refractivity contribution in [1.29, 1.82) is 0 Å². The van der Waals surface area contributed by atoms with Crippen LogP contribution in [0.1, 0.15) is 34.1 Å². The molecule has 1 fully saturated rings. The summed E-state index contributed by atoms with van der Waals surface area (Å²) in [6, 6.07) is -0.198. The number of rotatable bonds is 3. The van der Waals surface area contributed by atoms with E-state index in [1.54, 1.807) is 0 Å². The molecule has 1 saturated heterocycles. The fourth-order valence-electron chi connectivity index (χ4n) is 2.02. The highest BCUT2D eigenvalue weighted by atomic mass is 16.3. The number of hydrogen-bond acceptors (Lipinski definition) is 3. The molecule has 4 nitrogen and oxygen atoms in total. The molecule has 1 amide bonds. The molecule has 1 aliphatic rings. The predicted octanol–water partition coefficient (Wildman–Crippen LogP) is 0.604. The third-order valence-electron chi connectivity index (χ3n) is 3.31. The molecular formula is C12H24N2O2. The van der Waals surface area contributed by atoms with Crippen molar-refractivity contribution in [2.75, 3.05) is 19.7 Å². The fraction of sp³-hybridized carbons (Fsp3) is 0.917. The lowest BCUT2D eigenvalue weighted by Crippen LogP contribution is -2.48. The standard InChI is InChI=1S/C12H24N2O2/c1-5-9(2)14-8-12(3,4)7-13-10(6-15)11(14)16/h9-10,13,15H,5-8H2,1-4H3. The Hall–Kier alpha value is -0.610. The van der Waals surface area contributed by atoms with Crippen molar-refractivity contribution >= 4 is 5.91 Å². The first kappa shape index (κ1) is 13.5. The van der Waals surface area contributed by atoms with Crippen LogP contribution in [0.15, 0.2) is 0 Å². The van der Waals surface area contributed by atoms with E-state index in [0.717, 1.165) is 19.5 Å². The fourth-order valence-corrected chi connectivity index (χ4v) is 2.02. The summed E-state index contributed by atoms with van der Waals surface area (Å²) in [5.41, 5.74) is 0.0585. The van der Waals surface area contributed by atoms with E-state index in [1.165, 1.54) is 0 Å². The zero-order valence-corrected chi connectivity index (χ0v) is 10.8. The number of carbonyl (C=O) groups excluding carboxylic acids is 1.